The molecule has 0 amide bonds. The molecule has 2 rings (SSSR count). The van der Waals surface area contributed by atoms with Crippen LogP contribution in [0.15, 0.2) is 27.6 Å². The Balaban J connectivity index is 2.49. The molecule has 0 unspecified atom stereocenters. The maximum absolute atomic E-state index is 12.5. The lowest BCUT2D eigenvalue weighted by molar-refractivity contribution is 0.600. The largest absolute Gasteiger partial charge is 0.399 e. The van der Waals surface area contributed by atoms with Gasteiger partial charge in [0.25, 0.3) is 10.0 Å². The van der Waals surface area contributed by atoms with Crippen LogP contribution in [-0.2, 0) is 17.1 Å². The zero-order valence-electron chi connectivity index (χ0n) is 11.3. The number of hydrogen-bond donors (Lipinski definition) is 2. The standard InChI is InChI=1S/C12H15BrN4O2S/c1-7-12(8(2)17(3)15-7)16-20(18,19)11-6-9(14)4-5-10(11)13/h4-6,16H,14H2,1-3H3. The Bertz CT molecular complexity index is 768. The van der Waals surface area contributed by atoms with Gasteiger partial charge < -0.3 is 5.73 Å². The molecule has 1 aromatic heterocycles. The predicted octanol–water partition coefficient (Wildman–Crippen LogP) is 2.18. The molecule has 0 bridgehead atoms. The second-order valence-electron chi connectivity index (χ2n) is 4.46. The minimum atomic E-state index is -3.73. The van der Waals surface area contributed by atoms with Gasteiger partial charge in [0.2, 0.25) is 0 Å². The minimum Gasteiger partial charge on any atom is -0.399 e. The van der Waals surface area contributed by atoms with E-state index in [0.717, 1.165) is 5.69 Å². The average molecular weight is 359 g/mol. The van der Waals surface area contributed by atoms with Gasteiger partial charge in [-0.05, 0) is 48.0 Å². The molecule has 0 aliphatic carbocycles. The van der Waals surface area contributed by atoms with Gasteiger partial charge in [-0.25, -0.2) is 8.42 Å². The van der Waals surface area contributed by atoms with Crippen molar-refractivity contribution in [1.29, 1.82) is 0 Å². The van der Waals surface area contributed by atoms with Gasteiger partial charge in [0.15, 0.2) is 0 Å². The number of nitrogen functional groups attached to an aromatic ring is 1. The fourth-order valence-electron chi connectivity index (χ4n) is 1.84. The molecule has 0 radical (unpaired) electrons. The first-order valence-corrected chi connectivity index (χ1v) is 8.08. The molecule has 108 valence electrons. The van der Waals surface area contributed by atoms with Gasteiger partial charge in [-0.1, -0.05) is 0 Å². The predicted molar refractivity (Wildman–Crippen MR) is 82.0 cm³/mol. The molecular formula is C12H15BrN4O2S. The first kappa shape index (κ1) is 14.9. The van der Waals surface area contributed by atoms with Crippen molar-refractivity contribution in [2.45, 2.75) is 18.7 Å². The molecule has 1 heterocycles. The fourth-order valence-corrected chi connectivity index (χ4v) is 4.01. The third-order valence-corrected chi connectivity index (χ3v) is 5.33. The van der Waals surface area contributed by atoms with Gasteiger partial charge in [0.1, 0.15) is 4.90 Å². The highest BCUT2D eigenvalue weighted by Crippen LogP contribution is 2.28. The van der Waals surface area contributed by atoms with E-state index in [1.54, 1.807) is 37.7 Å². The van der Waals surface area contributed by atoms with Crippen LogP contribution in [0, 0.1) is 13.8 Å². The molecule has 20 heavy (non-hydrogen) atoms. The lowest BCUT2D eigenvalue weighted by Gasteiger charge is -2.10. The number of rotatable bonds is 3. The van der Waals surface area contributed by atoms with Crippen LogP contribution in [0.2, 0.25) is 0 Å². The Hall–Kier alpha value is -1.54. The number of sulfonamides is 1. The zero-order chi connectivity index (χ0) is 15.1. The Morgan fingerprint density at radius 1 is 1.35 bits per heavy atom. The van der Waals surface area contributed by atoms with Crippen molar-refractivity contribution in [2.75, 3.05) is 10.5 Å². The van der Waals surface area contributed by atoms with Gasteiger partial charge in [-0.3, -0.25) is 9.40 Å². The third kappa shape index (κ3) is 2.66. The summed E-state index contributed by atoms with van der Waals surface area (Å²) in [4.78, 5) is 0.0974. The molecule has 0 atom stereocenters. The summed E-state index contributed by atoms with van der Waals surface area (Å²) < 4.78 is 29.6. The summed E-state index contributed by atoms with van der Waals surface area (Å²) in [5.74, 6) is 0. The molecule has 3 N–H and O–H groups in total. The first-order chi connectivity index (χ1) is 9.22. The van der Waals surface area contributed by atoms with E-state index in [1.807, 2.05) is 0 Å². The molecular weight excluding hydrogens is 344 g/mol. The highest BCUT2D eigenvalue weighted by molar-refractivity contribution is 9.10. The molecule has 1 aromatic carbocycles. The quantitative estimate of drug-likeness (QED) is 0.822. The summed E-state index contributed by atoms with van der Waals surface area (Å²) in [5.41, 5.74) is 7.88. The van der Waals surface area contributed by atoms with Crippen LogP contribution in [0.25, 0.3) is 0 Å². The number of halogens is 1. The minimum absolute atomic E-state index is 0.0974. The van der Waals surface area contributed by atoms with Crippen molar-refractivity contribution >= 4 is 37.3 Å². The van der Waals surface area contributed by atoms with Crippen LogP contribution in [0.5, 0.6) is 0 Å². The molecule has 8 heteroatoms. The Kier molecular flexibility index (Phi) is 3.79. The molecule has 0 saturated heterocycles. The Morgan fingerprint density at radius 3 is 2.55 bits per heavy atom. The molecule has 0 fully saturated rings. The van der Waals surface area contributed by atoms with Crippen LogP contribution >= 0.6 is 15.9 Å². The van der Waals surface area contributed by atoms with E-state index in [1.165, 1.54) is 6.07 Å². The van der Waals surface area contributed by atoms with E-state index in [9.17, 15) is 8.42 Å². The topological polar surface area (TPSA) is 90.0 Å². The number of aromatic nitrogens is 2. The van der Waals surface area contributed by atoms with Gasteiger partial charge in [0.05, 0.1) is 17.1 Å². The van der Waals surface area contributed by atoms with E-state index in [2.05, 4.69) is 25.8 Å². The normalized spacial score (nSPS) is 11.6. The third-order valence-electron chi connectivity index (χ3n) is 2.99. The van der Waals surface area contributed by atoms with Gasteiger partial charge in [-0.2, -0.15) is 5.10 Å². The van der Waals surface area contributed by atoms with Crippen LogP contribution in [-0.4, -0.2) is 18.2 Å². The lowest BCUT2D eigenvalue weighted by Crippen LogP contribution is -2.15. The van der Waals surface area contributed by atoms with Crippen LogP contribution in [0.1, 0.15) is 11.4 Å². The van der Waals surface area contributed by atoms with Crippen LogP contribution < -0.4 is 10.5 Å². The Morgan fingerprint density at radius 2 is 2.00 bits per heavy atom. The van der Waals surface area contributed by atoms with Crippen molar-refractivity contribution in [2.24, 2.45) is 7.05 Å². The van der Waals surface area contributed by atoms with Crippen LogP contribution in [0.4, 0.5) is 11.4 Å². The van der Waals surface area contributed by atoms with E-state index in [-0.39, 0.29) is 4.90 Å². The second kappa shape index (κ2) is 5.10. The average Bonchev–Trinajstić information content (AvgIpc) is 2.59. The number of benzene rings is 1. The number of nitrogens with two attached hydrogens (primary N) is 1. The van der Waals surface area contributed by atoms with E-state index in [0.29, 0.717) is 21.5 Å². The fraction of sp³-hybridized carbons (Fsp3) is 0.250. The van der Waals surface area contributed by atoms with Crippen molar-refractivity contribution in [1.82, 2.24) is 9.78 Å². The zero-order valence-corrected chi connectivity index (χ0v) is 13.7. The summed E-state index contributed by atoms with van der Waals surface area (Å²) in [6.07, 6.45) is 0. The van der Waals surface area contributed by atoms with Crippen molar-refractivity contribution < 1.29 is 8.42 Å². The number of aryl methyl sites for hydroxylation is 2. The summed E-state index contributed by atoms with van der Waals surface area (Å²) in [7, 11) is -1.97. The number of hydrogen-bond acceptors (Lipinski definition) is 4. The van der Waals surface area contributed by atoms with E-state index < -0.39 is 10.0 Å². The maximum Gasteiger partial charge on any atom is 0.263 e. The highest BCUT2D eigenvalue weighted by Gasteiger charge is 2.21. The molecule has 0 aliphatic heterocycles. The van der Waals surface area contributed by atoms with Crippen LogP contribution in [0.3, 0.4) is 0 Å². The summed E-state index contributed by atoms with van der Waals surface area (Å²) >= 11 is 3.23. The maximum atomic E-state index is 12.5. The van der Waals surface area contributed by atoms with Gasteiger partial charge in [0, 0.05) is 17.2 Å². The summed E-state index contributed by atoms with van der Waals surface area (Å²) in [6.45, 7) is 3.55. The SMILES string of the molecule is Cc1nn(C)c(C)c1NS(=O)(=O)c1cc(N)ccc1Br. The molecule has 0 spiro atoms. The van der Waals surface area contributed by atoms with Crippen molar-refractivity contribution in [3.63, 3.8) is 0 Å². The molecule has 0 saturated carbocycles. The lowest BCUT2D eigenvalue weighted by atomic mass is 10.3. The van der Waals surface area contributed by atoms with Crippen molar-refractivity contribution in [3.05, 3.63) is 34.1 Å². The summed E-state index contributed by atoms with van der Waals surface area (Å²) in [5, 5.41) is 4.18. The van der Waals surface area contributed by atoms with Gasteiger partial charge in [-0.15, -0.1) is 0 Å². The summed E-state index contributed by atoms with van der Waals surface area (Å²) in [6, 6.07) is 4.64. The van der Waals surface area contributed by atoms with Gasteiger partial charge >= 0.3 is 0 Å². The second-order valence-corrected chi connectivity index (χ2v) is 6.97. The Labute approximate surface area is 126 Å². The highest BCUT2D eigenvalue weighted by atomic mass is 79.9. The number of nitrogens with one attached hydrogen (secondary N) is 1. The smallest absolute Gasteiger partial charge is 0.263 e. The van der Waals surface area contributed by atoms with Crippen molar-refractivity contribution in [3.8, 4) is 0 Å². The first-order valence-electron chi connectivity index (χ1n) is 5.80. The molecule has 6 nitrogen and oxygen atoms in total. The molecule has 2 aromatic rings. The number of nitrogens with zero attached hydrogens (tertiary/aromatic N) is 2. The number of anilines is 2. The molecule has 0 aliphatic rings. The van der Waals surface area contributed by atoms with E-state index in [4.69, 9.17) is 5.73 Å². The monoisotopic (exact) mass is 358 g/mol. The van der Waals surface area contributed by atoms with E-state index >= 15 is 0 Å².